The van der Waals surface area contributed by atoms with Crippen LogP contribution in [-0.2, 0) is 6.54 Å². The summed E-state index contributed by atoms with van der Waals surface area (Å²) in [6.07, 6.45) is 6.70. The molecule has 0 atom stereocenters. The van der Waals surface area contributed by atoms with Gasteiger partial charge in [-0.2, -0.15) is 5.26 Å². The average Bonchev–Trinajstić information content (AvgIpc) is 3.21. The molecule has 0 saturated carbocycles. The summed E-state index contributed by atoms with van der Waals surface area (Å²) >= 11 is 0. The minimum absolute atomic E-state index is 0.0941. The molecule has 1 aliphatic rings. The van der Waals surface area contributed by atoms with Crippen molar-refractivity contribution < 1.29 is 4.92 Å². The molecule has 1 fully saturated rings. The van der Waals surface area contributed by atoms with Crippen LogP contribution in [0.15, 0.2) is 36.8 Å². The number of nitrogen functional groups attached to an aromatic ring is 1. The Kier molecular flexibility index (Phi) is 6.47. The predicted molar refractivity (Wildman–Crippen MR) is 122 cm³/mol. The molecule has 3 heterocycles. The fourth-order valence-corrected chi connectivity index (χ4v) is 4.23. The van der Waals surface area contributed by atoms with Gasteiger partial charge in [0, 0.05) is 49.8 Å². The molecule has 2 N–H and O–H groups in total. The van der Waals surface area contributed by atoms with Crippen molar-refractivity contribution in [1.29, 1.82) is 5.26 Å². The highest BCUT2D eigenvalue weighted by atomic mass is 16.6. The molecule has 0 aliphatic carbocycles. The minimum atomic E-state index is -0.507. The van der Waals surface area contributed by atoms with Crippen LogP contribution >= 0.6 is 0 Å². The first-order valence-electron chi connectivity index (χ1n) is 10.8. The van der Waals surface area contributed by atoms with Crippen molar-refractivity contribution in [1.82, 2.24) is 19.4 Å². The quantitative estimate of drug-likeness (QED) is 0.325. The molecule has 10 nitrogen and oxygen atoms in total. The van der Waals surface area contributed by atoms with Crippen molar-refractivity contribution in [3.63, 3.8) is 0 Å². The van der Waals surface area contributed by atoms with E-state index in [0.717, 1.165) is 50.8 Å². The number of nitrogens with two attached hydrogens (primary N) is 1. The molecule has 10 heteroatoms. The Labute approximate surface area is 186 Å². The number of nitro groups is 1. The molecule has 166 valence electrons. The average molecular weight is 435 g/mol. The van der Waals surface area contributed by atoms with Crippen LogP contribution in [0.4, 0.5) is 17.3 Å². The minimum Gasteiger partial charge on any atom is -0.378 e. The molecule has 32 heavy (non-hydrogen) atoms. The number of benzene rings is 1. The summed E-state index contributed by atoms with van der Waals surface area (Å²) in [5, 5.41) is 21.5. The summed E-state index contributed by atoms with van der Waals surface area (Å²) in [7, 11) is 0. The Bertz CT molecular complexity index is 1140. The summed E-state index contributed by atoms with van der Waals surface area (Å²) < 4.78 is 2.25. The fraction of sp³-hybridized carbons (Fsp3) is 0.409. The Balaban J connectivity index is 1.21. The second kappa shape index (κ2) is 9.62. The van der Waals surface area contributed by atoms with E-state index in [1.807, 2.05) is 23.1 Å². The lowest BCUT2D eigenvalue weighted by molar-refractivity contribution is -0.383. The normalized spacial score (nSPS) is 14.5. The number of nitriles is 1. The fourth-order valence-electron chi connectivity index (χ4n) is 4.23. The third-order valence-electron chi connectivity index (χ3n) is 5.96. The highest BCUT2D eigenvalue weighted by Gasteiger charge is 2.27. The van der Waals surface area contributed by atoms with Crippen LogP contribution in [0.2, 0.25) is 0 Å². The second-order valence-corrected chi connectivity index (χ2v) is 7.97. The van der Waals surface area contributed by atoms with Crippen LogP contribution in [-0.4, -0.2) is 57.1 Å². The van der Waals surface area contributed by atoms with Gasteiger partial charge in [0.25, 0.3) is 0 Å². The maximum absolute atomic E-state index is 11.3. The van der Waals surface area contributed by atoms with Gasteiger partial charge in [-0.25, -0.2) is 9.97 Å². The molecule has 1 aromatic carbocycles. The van der Waals surface area contributed by atoms with Gasteiger partial charge in [0.05, 0.1) is 16.6 Å². The molecule has 0 unspecified atom stereocenters. The molecular weight excluding hydrogens is 408 g/mol. The lowest BCUT2D eigenvalue weighted by atomic mass is 10.2. The Morgan fingerprint density at radius 1 is 1.09 bits per heavy atom. The topological polar surface area (TPSA) is 130 Å². The third-order valence-corrected chi connectivity index (χ3v) is 5.96. The van der Waals surface area contributed by atoms with E-state index in [9.17, 15) is 10.1 Å². The van der Waals surface area contributed by atoms with Crippen LogP contribution in [0.25, 0.3) is 10.9 Å². The van der Waals surface area contributed by atoms with Crippen molar-refractivity contribution in [2.24, 2.45) is 0 Å². The van der Waals surface area contributed by atoms with Crippen molar-refractivity contribution in [2.45, 2.75) is 25.8 Å². The number of fused-ring (bicyclic) bond motifs is 1. The van der Waals surface area contributed by atoms with Crippen LogP contribution in [0.1, 0.15) is 24.8 Å². The number of aromatic nitrogens is 3. The monoisotopic (exact) mass is 434 g/mol. The smallest absolute Gasteiger partial charge is 0.353 e. The largest absolute Gasteiger partial charge is 0.378 e. The van der Waals surface area contributed by atoms with Crippen molar-refractivity contribution in [2.75, 3.05) is 43.4 Å². The van der Waals surface area contributed by atoms with Gasteiger partial charge in [-0.15, -0.1) is 0 Å². The summed E-state index contributed by atoms with van der Waals surface area (Å²) in [5.41, 5.74) is 7.33. The van der Waals surface area contributed by atoms with Gasteiger partial charge in [-0.1, -0.05) is 6.42 Å². The maximum Gasteiger partial charge on any atom is 0.353 e. The second-order valence-electron chi connectivity index (χ2n) is 7.97. The van der Waals surface area contributed by atoms with E-state index in [2.05, 4.69) is 37.8 Å². The summed E-state index contributed by atoms with van der Waals surface area (Å²) in [5.74, 6) is 0.214. The van der Waals surface area contributed by atoms with Gasteiger partial charge in [-0.3, -0.25) is 15.0 Å². The zero-order valence-electron chi connectivity index (χ0n) is 17.9. The summed E-state index contributed by atoms with van der Waals surface area (Å²) in [6.45, 7) is 5.01. The first-order valence-corrected chi connectivity index (χ1v) is 10.8. The van der Waals surface area contributed by atoms with Gasteiger partial charge in [0.1, 0.15) is 6.33 Å². The molecule has 0 bridgehead atoms. The zero-order valence-corrected chi connectivity index (χ0v) is 17.9. The Hall–Kier alpha value is -3.71. The highest BCUT2D eigenvalue weighted by Crippen LogP contribution is 2.30. The molecule has 1 saturated heterocycles. The van der Waals surface area contributed by atoms with E-state index < -0.39 is 4.92 Å². The van der Waals surface area contributed by atoms with Crippen LogP contribution < -0.4 is 10.6 Å². The summed E-state index contributed by atoms with van der Waals surface area (Å²) in [6, 6.07) is 10.1. The first-order chi connectivity index (χ1) is 15.6. The standard InChI is InChI=1S/C22H26N8O2/c23-15-17-4-5-19-18(14-17)6-9-28(19)8-3-1-2-7-27-10-12-29(13-11-27)22-20(30(31)32)21(24)25-16-26-22/h4-6,9,14,16H,1-3,7-8,10-13H2,(H2,24,25,26). The Morgan fingerprint density at radius 3 is 2.62 bits per heavy atom. The van der Waals surface area contributed by atoms with E-state index in [1.54, 1.807) is 0 Å². The van der Waals surface area contributed by atoms with Crippen molar-refractivity contribution >= 4 is 28.2 Å². The van der Waals surface area contributed by atoms with E-state index in [0.29, 0.717) is 24.5 Å². The zero-order chi connectivity index (χ0) is 22.5. The maximum atomic E-state index is 11.3. The van der Waals surface area contributed by atoms with Gasteiger partial charge >= 0.3 is 5.69 Å². The van der Waals surface area contributed by atoms with Gasteiger partial charge < -0.3 is 15.2 Å². The van der Waals surface area contributed by atoms with E-state index in [4.69, 9.17) is 11.0 Å². The number of anilines is 2. The van der Waals surface area contributed by atoms with Gasteiger partial charge in [-0.05, 0) is 43.7 Å². The molecule has 0 amide bonds. The first kappa shape index (κ1) is 21.5. The predicted octanol–water partition coefficient (Wildman–Crippen LogP) is 2.79. The van der Waals surface area contributed by atoms with E-state index >= 15 is 0 Å². The van der Waals surface area contributed by atoms with Crippen LogP contribution in [0.5, 0.6) is 0 Å². The summed E-state index contributed by atoms with van der Waals surface area (Å²) in [4.78, 5) is 23.0. The van der Waals surface area contributed by atoms with Crippen LogP contribution in [0.3, 0.4) is 0 Å². The van der Waals surface area contributed by atoms with Crippen LogP contribution in [0, 0.1) is 21.4 Å². The number of hydrogen-bond acceptors (Lipinski definition) is 8. The number of hydrogen-bond donors (Lipinski definition) is 1. The lowest BCUT2D eigenvalue weighted by Crippen LogP contribution is -2.47. The lowest BCUT2D eigenvalue weighted by Gasteiger charge is -2.35. The van der Waals surface area contributed by atoms with Crippen molar-refractivity contribution in [3.8, 4) is 6.07 Å². The molecule has 1 aliphatic heterocycles. The molecule has 2 aromatic heterocycles. The molecular formula is C22H26N8O2. The number of rotatable bonds is 8. The number of nitrogens with zero attached hydrogens (tertiary/aromatic N) is 7. The van der Waals surface area contributed by atoms with E-state index in [-0.39, 0.29) is 11.5 Å². The van der Waals surface area contributed by atoms with Crippen molar-refractivity contribution in [3.05, 3.63) is 52.5 Å². The molecule has 0 radical (unpaired) electrons. The number of aryl methyl sites for hydroxylation is 1. The Morgan fingerprint density at radius 2 is 1.88 bits per heavy atom. The van der Waals surface area contributed by atoms with E-state index in [1.165, 1.54) is 11.8 Å². The van der Waals surface area contributed by atoms with Gasteiger partial charge in [0.2, 0.25) is 11.6 Å². The number of unbranched alkanes of at least 4 members (excludes halogenated alkanes) is 2. The third kappa shape index (κ3) is 4.63. The molecule has 3 aromatic rings. The highest BCUT2D eigenvalue weighted by molar-refractivity contribution is 5.81. The molecule has 0 spiro atoms. The molecule has 4 rings (SSSR count). The number of piperazine rings is 1. The van der Waals surface area contributed by atoms with Gasteiger partial charge in [0.15, 0.2) is 0 Å². The SMILES string of the molecule is N#Cc1ccc2c(ccn2CCCCCN2CCN(c3ncnc(N)c3[N+](=O)[O-])CC2)c1.